The van der Waals surface area contributed by atoms with Crippen LogP contribution in [0.2, 0.25) is 0 Å². The van der Waals surface area contributed by atoms with Gasteiger partial charge in [0.1, 0.15) is 9.21 Å². The van der Waals surface area contributed by atoms with E-state index in [1.807, 2.05) is 0 Å². The van der Waals surface area contributed by atoms with E-state index in [0.717, 1.165) is 6.07 Å². The lowest BCUT2D eigenvalue weighted by Gasteiger charge is -2.12. The molecule has 0 atom stereocenters. The van der Waals surface area contributed by atoms with E-state index < -0.39 is 11.7 Å². The number of hydrogen-bond donors (Lipinski definition) is 0. The van der Waals surface area contributed by atoms with Gasteiger partial charge in [0.15, 0.2) is 5.82 Å². The summed E-state index contributed by atoms with van der Waals surface area (Å²) in [5.74, 6) is 0.000995. The summed E-state index contributed by atoms with van der Waals surface area (Å²) in [6, 6.07) is 5.41. The Morgan fingerprint density at radius 2 is 1.47 bits per heavy atom. The highest BCUT2D eigenvalue weighted by Gasteiger charge is 2.34. The topological polar surface area (TPSA) is 25.8 Å². The van der Waals surface area contributed by atoms with E-state index in [2.05, 4.69) is 57.8 Å². The van der Waals surface area contributed by atoms with Crippen LogP contribution in [0.1, 0.15) is 5.56 Å². The summed E-state index contributed by atoms with van der Waals surface area (Å²) >= 11 is 9.29. The van der Waals surface area contributed by atoms with Crippen molar-refractivity contribution in [3.05, 3.63) is 43.5 Å². The molecule has 0 fully saturated rings. The van der Waals surface area contributed by atoms with Gasteiger partial charge in [0, 0.05) is 16.1 Å². The summed E-state index contributed by atoms with van der Waals surface area (Å²) in [5.41, 5.74) is -0.857. The third-order valence-corrected chi connectivity index (χ3v) is 3.50. The minimum absolute atomic E-state index is 0.000995. The molecule has 0 aliphatic heterocycles. The molecular formula is C11H4Br3F3N2. The molecule has 1 aromatic carbocycles. The molecule has 0 radical (unpaired) electrons. The number of benzene rings is 1. The van der Waals surface area contributed by atoms with Gasteiger partial charge < -0.3 is 0 Å². The predicted molar refractivity (Wildman–Crippen MR) is 75.6 cm³/mol. The van der Waals surface area contributed by atoms with Crippen LogP contribution in [0.25, 0.3) is 11.4 Å². The molecular weight excluding hydrogens is 457 g/mol. The SMILES string of the molecule is FC(F)(F)c1cc(Br)ccc1-c1nc(Br)cc(Br)n1. The normalized spacial score (nSPS) is 11.7. The molecule has 2 nitrogen and oxygen atoms in total. The highest BCUT2D eigenvalue weighted by molar-refractivity contribution is 9.11. The van der Waals surface area contributed by atoms with E-state index in [1.54, 1.807) is 6.07 Å². The van der Waals surface area contributed by atoms with Gasteiger partial charge in [-0.2, -0.15) is 13.2 Å². The molecule has 0 aliphatic carbocycles. The maximum Gasteiger partial charge on any atom is 0.417 e. The molecule has 2 aromatic rings. The van der Waals surface area contributed by atoms with Crippen molar-refractivity contribution >= 4 is 47.8 Å². The van der Waals surface area contributed by atoms with Crippen molar-refractivity contribution in [3.63, 3.8) is 0 Å². The summed E-state index contributed by atoms with van der Waals surface area (Å²) in [5, 5.41) is 0. The van der Waals surface area contributed by atoms with E-state index in [-0.39, 0.29) is 11.4 Å². The Morgan fingerprint density at radius 1 is 0.895 bits per heavy atom. The molecule has 0 amide bonds. The zero-order valence-electron chi connectivity index (χ0n) is 8.97. The van der Waals surface area contributed by atoms with Crippen molar-refractivity contribution in [2.45, 2.75) is 6.18 Å². The summed E-state index contributed by atoms with van der Waals surface area (Å²) in [6.07, 6.45) is -4.47. The van der Waals surface area contributed by atoms with Crippen molar-refractivity contribution < 1.29 is 13.2 Å². The molecule has 8 heteroatoms. The first kappa shape index (κ1) is 14.9. The quantitative estimate of drug-likeness (QED) is 0.529. The largest absolute Gasteiger partial charge is 0.417 e. The second-order valence-electron chi connectivity index (χ2n) is 3.52. The number of hydrogen-bond acceptors (Lipinski definition) is 2. The van der Waals surface area contributed by atoms with E-state index >= 15 is 0 Å². The molecule has 1 heterocycles. The summed E-state index contributed by atoms with van der Waals surface area (Å²) in [7, 11) is 0. The Hall–Kier alpha value is -0.470. The molecule has 0 unspecified atom stereocenters. The van der Waals surface area contributed by atoms with Crippen molar-refractivity contribution in [1.82, 2.24) is 9.97 Å². The first-order valence-corrected chi connectivity index (χ1v) is 7.22. The average molecular weight is 461 g/mol. The zero-order chi connectivity index (χ0) is 14.2. The van der Waals surface area contributed by atoms with Crippen LogP contribution in [0.4, 0.5) is 13.2 Å². The summed E-state index contributed by atoms with van der Waals surface area (Å²) in [4.78, 5) is 7.94. The highest BCUT2D eigenvalue weighted by Crippen LogP contribution is 2.38. The number of halogens is 6. The molecule has 0 bridgehead atoms. The van der Waals surface area contributed by atoms with E-state index in [1.165, 1.54) is 12.1 Å². The molecule has 0 spiro atoms. The van der Waals surface area contributed by atoms with Crippen LogP contribution in [-0.2, 0) is 6.18 Å². The molecule has 1 aromatic heterocycles. The van der Waals surface area contributed by atoms with Crippen LogP contribution in [0.5, 0.6) is 0 Å². The van der Waals surface area contributed by atoms with Crippen molar-refractivity contribution in [2.75, 3.05) is 0 Å². The third kappa shape index (κ3) is 3.55. The summed E-state index contributed by atoms with van der Waals surface area (Å²) in [6.45, 7) is 0. The minimum atomic E-state index is -4.47. The summed E-state index contributed by atoms with van der Waals surface area (Å²) < 4.78 is 40.2. The first-order valence-electron chi connectivity index (χ1n) is 4.84. The van der Waals surface area contributed by atoms with Gasteiger partial charge >= 0.3 is 6.18 Å². The Kier molecular flexibility index (Phi) is 4.32. The lowest BCUT2D eigenvalue weighted by atomic mass is 10.1. The molecule has 0 N–H and O–H groups in total. The Balaban J connectivity index is 2.68. The fraction of sp³-hybridized carbons (Fsp3) is 0.0909. The number of rotatable bonds is 1. The third-order valence-electron chi connectivity index (χ3n) is 2.19. The molecule has 19 heavy (non-hydrogen) atoms. The van der Waals surface area contributed by atoms with Crippen LogP contribution in [0, 0.1) is 0 Å². The zero-order valence-corrected chi connectivity index (χ0v) is 13.7. The molecule has 0 saturated carbocycles. The Labute approximate surface area is 131 Å². The minimum Gasteiger partial charge on any atom is -0.221 e. The fourth-order valence-electron chi connectivity index (χ4n) is 1.46. The van der Waals surface area contributed by atoms with Gasteiger partial charge in [0.25, 0.3) is 0 Å². The van der Waals surface area contributed by atoms with Gasteiger partial charge in [0.2, 0.25) is 0 Å². The van der Waals surface area contributed by atoms with E-state index in [9.17, 15) is 13.2 Å². The van der Waals surface area contributed by atoms with Crippen LogP contribution in [-0.4, -0.2) is 9.97 Å². The van der Waals surface area contributed by atoms with E-state index in [4.69, 9.17) is 0 Å². The van der Waals surface area contributed by atoms with Gasteiger partial charge in [-0.05, 0) is 50.1 Å². The van der Waals surface area contributed by atoms with Crippen LogP contribution in [0.15, 0.2) is 37.9 Å². The monoisotopic (exact) mass is 458 g/mol. The number of alkyl halides is 3. The molecule has 100 valence electrons. The standard InChI is InChI=1S/C11H4Br3F3N2/c12-5-1-2-6(7(3-5)11(15,16)17)10-18-8(13)4-9(14)19-10/h1-4H. The van der Waals surface area contributed by atoms with Gasteiger partial charge in [0.05, 0.1) is 5.56 Å². The second-order valence-corrected chi connectivity index (χ2v) is 6.07. The molecule has 0 saturated heterocycles. The van der Waals surface area contributed by atoms with Gasteiger partial charge in [-0.1, -0.05) is 15.9 Å². The first-order chi connectivity index (χ1) is 8.77. The maximum absolute atomic E-state index is 13.0. The Bertz CT molecular complexity index is 609. The Morgan fingerprint density at radius 3 is 2.00 bits per heavy atom. The van der Waals surface area contributed by atoms with Gasteiger partial charge in [-0.15, -0.1) is 0 Å². The van der Waals surface area contributed by atoms with Crippen LogP contribution < -0.4 is 0 Å². The lowest BCUT2D eigenvalue weighted by Crippen LogP contribution is -2.08. The second kappa shape index (κ2) is 5.49. The lowest BCUT2D eigenvalue weighted by molar-refractivity contribution is -0.137. The van der Waals surface area contributed by atoms with Crippen molar-refractivity contribution in [3.8, 4) is 11.4 Å². The number of aromatic nitrogens is 2. The fourth-order valence-corrected chi connectivity index (χ4v) is 2.89. The maximum atomic E-state index is 13.0. The van der Waals surface area contributed by atoms with E-state index in [0.29, 0.717) is 13.7 Å². The molecule has 2 rings (SSSR count). The van der Waals surface area contributed by atoms with Crippen molar-refractivity contribution in [2.24, 2.45) is 0 Å². The van der Waals surface area contributed by atoms with Crippen LogP contribution in [0.3, 0.4) is 0 Å². The van der Waals surface area contributed by atoms with Crippen LogP contribution >= 0.6 is 47.8 Å². The molecule has 0 aliphatic rings. The van der Waals surface area contributed by atoms with Crippen molar-refractivity contribution in [1.29, 1.82) is 0 Å². The predicted octanol–water partition coefficient (Wildman–Crippen LogP) is 5.45. The van der Waals surface area contributed by atoms with Gasteiger partial charge in [-0.25, -0.2) is 9.97 Å². The smallest absolute Gasteiger partial charge is 0.221 e. The number of nitrogens with zero attached hydrogens (tertiary/aromatic N) is 2. The van der Waals surface area contributed by atoms with Gasteiger partial charge in [-0.3, -0.25) is 0 Å². The highest BCUT2D eigenvalue weighted by atomic mass is 79.9. The average Bonchev–Trinajstić information content (AvgIpc) is 2.26.